The fraction of sp³-hybridized carbons (Fsp3) is 0.273. The lowest BCUT2D eigenvalue weighted by Crippen LogP contribution is -2.38. The molecule has 12 nitrogen and oxygen atoms in total. The van der Waals surface area contributed by atoms with Crippen LogP contribution in [-0.4, -0.2) is 64.0 Å². The number of aryl methyl sites for hydroxylation is 1. The molecular formula is C33H33IN6O6S. The number of pyridine rings is 1. The number of carbonyl (C=O) groups excluding carboxylic acids is 1. The SMILES string of the molecule is COC(=O)c1cnc(N2CCC(OCCOc3cccc(Oc4ccc(N)cc4-c4cn(C)c(=O)c5c4ccn5SI)c3)CC2)cn1. The first-order chi connectivity index (χ1) is 22.8. The number of esters is 1. The number of rotatable bonds is 11. The highest BCUT2D eigenvalue weighted by Crippen LogP contribution is 2.39. The van der Waals surface area contributed by atoms with Crippen LogP contribution >= 0.6 is 30.3 Å². The van der Waals surface area contributed by atoms with Gasteiger partial charge in [-0.15, -0.1) is 0 Å². The van der Waals surface area contributed by atoms with Crippen LogP contribution in [0.4, 0.5) is 11.5 Å². The minimum Gasteiger partial charge on any atom is -0.491 e. The predicted octanol–water partition coefficient (Wildman–Crippen LogP) is 5.87. The van der Waals surface area contributed by atoms with Gasteiger partial charge in [-0.1, -0.05) is 6.07 Å². The molecule has 0 bridgehead atoms. The van der Waals surface area contributed by atoms with E-state index in [0.29, 0.717) is 41.7 Å². The summed E-state index contributed by atoms with van der Waals surface area (Å²) in [5.41, 5.74) is 9.12. The Morgan fingerprint density at radius 1 is 1.04 bits per heavy atom. The number of methoxy groups -OCH3 is 1. The molecule has 1 fully saturated rings. The van der Waals surface area contributed by atoms with Gasteiger partial charge in [0.25, 0.3) is 5.56 Å². The quantitative estimate of drug-likeness (QED) is 0.0749. The van der Waals surface area contributed by atoms with E-state index >= 15 is 0 Å². The fourth-order valence-corrected chi connectivity index (χ4v) is 6.86. The molecule has 6 rings (SSSR count). The molecule has 3 aromatic heterocycles. The molecule has 1 aliphatic rings. The van der Waals surface area contributed by atoms with Gasteiger partial charge in [0.15, 0.2) is 5.69 Å². The van der Waals surface area contributed by atoms with Crippen LogP contribution in [0.3, 0.4) is 0 Å². The van der Waals surface area contributed by atoms with Crippen LogP contribution in [0.15, 0.2) is 78.1 Å². The normalized spacial score (nSPS) is 13.6. The van der Waals surface area contributed by atoms with Gasteiger partial charge in [0, 0.05) is 91.1 Å². The first-order valence-corrected chi connectivity index (χ1v) is 18.2. The molecule has 2 N–H and O–H groups in total. The monoisotopic (exact) mass is 768 g/mol. The number of nitrogens with zero attached hydrogens (tertiary/aromatic N) is 5. The second kappa shape index (κ2) is 14.6. The number of carbonyl (C=O) groups is 1. The van der Waals surface area contributed by atoms with Crippen molar-refractivity contribution in [3.05, 3.63) is 89.4 Å². The third-order valence-corrected chi connectivity index (χ3v) is 9.62. The molecule has 0 atom stereocenters. The minimum absolute atomic E-state index is 0.0812. The Morgan fingerprint density at radius 2 is 1.85 bits per heavy atom. The highest BCUT2D eigenvalue weighted by molar-refractivity contribution is 14.2. The van der Waals surface area contributed by atoms with Crippen molar-refractivity contribution in [3.63, 3.8) is 0 Å². The Kier molecular flexibility index (Phi) is 10.2. The summed E-state index contributed by atoms with van der Waals surface area (Å²) in [6, 6.07) is 14.9. The Labute approximate surface area is 287 Å². The number of ether oxygens (including phenoxy) is 4. The van der Waals surface area contributed by atoms with Crippen LogP contribution in [0.1, 0.15) is 23.3 Å². The highest BCUT2D eigenvalue weighted by Gasteiger charge is 2.22. The maximum atomic E-state index is 13.0. The Balaban J connectivity index is 1.05. The molecule has 4 heterocycles. The van der Waals surface area contributed by atoms with Crippen molar-refractivity contribution in [1.82, 2.24) is 18.5 Å². The zero-order valence-corrected chi connectivity index (χ0v) is 28.8. The van der Waals surface area contributed by atoms with E-state index in [4.69, 9.17) is 19.9 Å². The molecule has 0 unspecified atom stereocenters. The number of hydrogen-bond donors (Lipinski definition) is 1. The smallest absolute Gasteiger partial charge is 0.358 e. The summed E-state index contributed by atoms with van der Waals surface area (Å²) >= 11 is 2.16. The van der Waals surface area contributed by atoms with Crippen LogP contribution in [-0.2, 0) is 16.5 Å². The van der Waals surface area contributed by atoms with E-state index in [1.54, 1.807) is 23.9 Å². The lowest BCUT2D eigenvalue weighted by Gasteiger charge is -2.32. The van der Waals surface area contributed by atoms with Gasteiger partial charge >= 0.3 is 5.97 Å². The van der Waals surface area contributed by atoms with Crippen molar-refractivity contribution in [2.24, 2.45) is 7.05 Å². The summed E-state index contributed by atoms with van der Waals surface area (Å²) in [4.78, 5) is 35.2. The topological polar surface area (TPSA) is 136 Å². The van der Waals surface area contributed by atoms with Gasteiger partial charge in [0.1, 0.15) is 35.2 Å². The Hall–Kier alpha value is -4.28. The molecule has 0 aliphatic carbocycles. The van der Waals surface area contributed by atoms with E-state index < -0.39 is 5.97 Å². The summed E-state index contributed by atoms with van der Waals surface area (Å²) < 4.78 is 26.6. The zero-order valence-electron chi connectivity index (χ0n) is 25.8. The summed E-state index contributed by atoms with van der Waals surface area (Å²) in [5.74, 6) is 2.09. The number of halogens is 1. The molecular weight excluding hydrogens is 735 g/mol. The van der Waals surface area contributed by atoms with Crippen molar-refractivity contribution in [2.45, 2.75) is 18.9 Å². The number of nitrogen functional groups attached to an aromatic ring is 1. The summed E-state index contributed by atoms with van der Waals surface area (Å²) in [7, 11) is 4.49. The van der Waals surface area contributed by atoms with Gasteiger partial charge in [0.05, 0.1) is 32.2 Å². The van der Waals surface area contributed by atoms with Gasteiger partial charge in [-0.2, -0.15) is 0 Å². The molecule has 5 aromatic rings. The van der Waals surface area contributed by atoms with E-state index in [2.05, 4.69) is 40.8 Å². The lowest BCUT2D eigenvalue weighted by molar-refractivity contribution is 0.0202. The van der Waals surface area contributed by atoms with Crippen molar-refractivity contribution in [3.8, 4) is 28.4 Å². The Bertz CT molecular complexity index is 1940. The summed E-state index contributed by atoms with van der Waals surface area (Å²) in [6.45, 7) is 2.39. The molecule has 244 valence electrons. The molecule has 0 radical (unpaired) electrons. The average Bonchev–Trinajstić information content (AvgIpc) is 3.54. The number of anilines is 2. The highest BCUT2D eigenvalue weighted by atomic mass is 127. The first kappa shape index (κ1) is 32.7. The molecule has 0 spiro atoms. The van der Waals surface area contributed by atoms with Gasteiger partial charge in [-0.05, 0) is 49.2 Å². The van der Waals surface area contributed by atoms with E-state index in [9.17, 15) is 9.59 Å². The van der Waals surface area contributed by atoms with E-state index in [0.717, 1.165) is 48.3 Å². The third kappa shape index (κ3) is 7.34. The van der Waals surface area contributed by atoms with Crippen molar-refractivity contribution < 1.29 is 23.7 Å². The molecule has 1 aliphatic heterocycles. The maximum Gasteiger partial charge on any atom is 0.358 e. The second-order valence-corrected chi connectivity index (χ2v) is 12.6. The van der Waals surface area contributed by atoms with Crippen LogP contribution in [0, 0.1) is 0 Å². The van der Waals surface area contributed by atoms with E-state index in [-0.39, 0.29) is 17.4 Å². The van der Waals surface area contributed by atoms with Gasteiger partial charge in [0.2, 0.25) is 0 Å². The minimum atomic E-state index is -0.505. The van der Waals surface area contributed by atoms with Crippen molar-refractivity contribution in [2.75, 3.05) is 44.0 Å². The molecule has 1 saturated heterocycles. The Morgan fingerprint density at radius 3 is 2.60 bits per heavy atom. The molecule has 0 amide bonds. The van der Waals surface area contributed by atoms with Gasteiger partial charge in [-0.3, -0.25) is 8.77 Å². The van der Waals surface area contributed by atoms with Crippen molar-refractivity contribution in [1.29, 1.82) is 0 Å². The maximum absolute atomic E-state index is 13.0. The second-order valence-electron chi connectivity index (χ2n) is 10.9. The zero-order chi connectivity index (χ0) is 32.9. The van der Waals surface area contributed by atoms with Gasteiger partial charge < -0.3 is 34.1 Å². The lowest BCUT2D eigenvalue weighted by atomic mass is 10.0. The number of nitrogens with two attached hydrogens (primary N) is 1. The van der Waals surface area contributed by atoms with Gasteiger partial charge in [-0.25, -0.2) is 14.8 Å². The van der Waals surface area contributed by atoms with Crippen LogP contribution in [0.2, 0.25) is 0 Å². The first-order valence-electron chi connectivity index (χ1n) is 14.9. The van der Waals surface area contributed by atoms with Crippen LogP contribution < -0.4 is 25.7 Å². The molecule has 47 heavy (non-hydrogen) atoms. The molecule has 14 heteroatoms. The van der Waals surface area contributed by atoms with Crippen LogP contribution in [0.5, 0.6) is 17.2 Å². The number of piperidine rings is 1. The van der Waals surface area contributed by atoms with Crippen LogP contribution in [0.25, 0.3) is 22.0 Å². The summed E-state index contributed by atoms with van der Waals surface area (Å²) in [5, 5.41) is 0.818. The summed E-state index contributed by atoms with van der Waals surface area (Å²) in [6.07, 6.45) is 8.54. The number of fused-ring (bicyclic) bond motifs is 1. The largest absolute Gasteiger partial charge is 0.491 e. The standard InChI is InChI=1S/C33H33IN6O6S/c1-38-20-27(25-10-13-40(47-34)31(25)32(38)41)26-16-21(35)6-7-29(26)46-24-5-3-4-23(17-24)45-15-14-44-22-8-11-39(12-9-22)30-19-36-28(18-37-30)33(42)43-2/h3-7,10,13,16-20,22H,8-9,11-12,14-15,35H2,1-2H3. The predicted molar refractivity (Wildman–Crippen MR) is 191 cm³/mol. The molecule has 2 aromatic carbocycles. The van der Waals surface area contributed by atoms with Crippen molar-refractivity contribution >= 4 is 58.7 Å². The fourth-order valence-electron chi connectivity index (χ4n) is 5.52. The van der Waals surface area contributed by atoms with E-state index in [1.165, 1.54) is 22.4 Å². The number of aromatic nitrogens is 4. The average molecular weight is 769 g/mol. The van der Waals surface area contributed by atoms with E-state index in [1.807, 2.05) is 58.8 Å². The third-order valence-electron chi connectivity index (χ3n) is 7.89. The number of hydrogen-bond acceptors (Lipinski definition) is 11. The number of benzene rings is 2. The molecule has 0 saturated carbocycles.